The van der Waals surface area contributed by atoms with Crippen LogP contribution in [0.15, 0.2) is 0 Å². The van der Waals surface area contributed by atoms with Crippen LogP contribution in [0.25, 0.3) is 0 Å². The molecule has 1 rings (SSSR count). The molecule has 4 heteroatoms. The van der Waals surface area contributed by atoms with Gasteiger partial charge in [0.1, 0.15) is 11.6 Å². The van der Waals surface area contributed by atoms with Crippen molar-refractivity contribution in [2.75, 3.05) is 7.11 Å². The van der Waals surface area contributed by atoms with Crippen LogP contribution in [0, 0.1) is 22.7 Å². The number of hydrogen-bond acceptors (Lipinski definition) is 4. The fourth-order valence-corrected chi connectivity index (χ4v) is 4.69. The Morgan fingerprint density at radius 2 is 1.74 bits per heavy atom. The van der Waals surface area contributed by atoms with Gasteiger partial charge in [0.25, 0.3) is 0 Å². The number of Topliss-reactive ketones (excluding diaryl/α,β-unsaturated/α-hetero) is 2. The highest BCUT2D eigenvalue weighted by Gasteiger charge is 2.52. The lowest BCUT2D eigenvalue weighted by atomic mass is 9.50. The van der Waals surface area contributed by atoms with Crippen LogP contribution in [-0.2, 0) is 19.1 Å². The lowest BCUT2D eigenvalue weighted by Crippen LogP contribution is -2.49. The molecule has 0 aromatic rings. The van der Waals surface area contributed by atoms with Gasteiger partial charge in [-0.3, -0.25) is 9.59 Å². The smallest absolute Gasteiger partial charge is 0.305 e. The third-order valence-corrected chi connectivity index (χ3v) is 5.95. The quantitative estimate of drug-likeness (QED) is 0.665. The molecule has 23 heavy (non-hydrogen) atoms. The van der Waals surface area contributed by atoms with Crippen molar-refractivity contribution in [2.45, 2.75) is 73.1 Å². The average Bonchev–Trinajstić information content (AvgIpc) is 2.42. The van der Waals surface area contributed by atoms with Gasteiger partial charge in [0.2, 0.25) is 0 Å². The van der Waals surface area contributed by atoms with Gasteiger partial charge in [0.15, 0.2) is 0 Å². The van der Waals surface area contributed by atoms with Gasteiger partial charge < -0.3 is 9.53 Å². The molecular formula is C19H32O4. The van der Waals surface area contributed by atoms with E-state index in [1.165, 1.54) is 7.11 Å². The van der Waals surface area contributed by atoms with Crippen molar-refractivity contribution in [3.63, 3.8) is 0 Å². The summed E-state index contributed by atoms with van der Waals surface area (Å²) < 4.78 is 4.90. The maximum Gasteiger partial charge on any atom is 0.305 e. The summed E-state index contributed by atoms with van der Waals surface area (Å²) in [5, 5.41) is 0. The van der Waals surface area contributed by atoms with E-state index in [1.54, 1.807) is 13.8 Å². The maximum absolute atomic E-state index is 12.3. The first-order valence-electron chi connectivity index (χ1n) is 8.61. The summed E-state index contributed by atoms with van der Waals surface area (Å²) in [4.78, 5) is 35.7. The maximum atomic E-state index is 12.3. The van der Waals surface area contributed by atoms with Crippen LogP contribution in [-0.4, -0.2) is 24.6 Å². The molecule has 0 heterocycles. The highest BCUT2D eigenvalue weighted by molar-refractivity contribution is 5.81. The highest BCUT2D eigenvalue weighted by atomic mass is 16.5. The van der Waals surface area contributed by atoms with E-state index in [0.717, 1.165) is 19.3 Å². The summed E-state index contributed by atoms with van der Waals surface area (Å²) in [5.41, 5.74) is -0.289. The minimum Gasteiger partial charge on any atom is -0.469 e. The van der Waals surface area contributed by atoms with E-state index in [9.17, 15) is 14.4 Å². The van der Waals surface area contributed by atoms with E-state index in [1.807, 2.05) is 0 Å². The lowest BCUT2D eigenvalue weighted by Gasteiger charge is -2.53. The molecule has 0 unspecified atom stereocenters. The third kappa shape index (κ3) is 4.65. The van der Waals surface area contributed by atoms with Crippen LogP contribution in [0.5, 0.6) is 0 Å². The summed E-state index contributed by atoms with van der Waals surface area (Å²) in [6.45, 7) is 9.68. The Bertz CT molecular complexity index is 466. The largest absolute Gasteiger partial charge is 0.469 e. The SMILES string of the molecule is COC(=O)C[C@@H]1C(C)(C)CCC[C@@]1(C)[C@@H](CCC(C)=O)C(C)=O. The summed E-state index contributed by atoms with van der Waals surface area (Å²) >= 11 is 0. The van der Waals surface area contributed by atoms with Crippen molar-refractivity contribution in [3.05, 3.63) is 0 Å². The fraction of sp³-hybridized carbons (Fsp3) is 0.842. The van der Waals surface area contributed by atoms with Gasteiger partial charge in [-0.25, -0.2) is 0 Å². The van der Waals surface area contributed by atoms with Crippen molar-refractivity contribution >= 4 is 17.5 Å². The summed E-state index contributed by atoms with van der Waals surface area (Å²) in [7, 11) is 1.41. The molecule has 0 amide bonds. The van der Waals surface area contributed by atoms with E-state index >= 15 is 0 Å². The fourth-order valence-electron chi connectivity index (χ4n) is 4.69. The number of carbonyl (C=O) groups is 3. The van der Waals surface area contributed by atoms with Gasteiger partial charge in [-0.2, -0.15) is 0 Å². The second kappa shape index (κ2) is 7.59. The standard InChI is InChI=1S/C19H32O4/c1-13(20)8-9-15(14(2)21)19(5)11-7-10-18(3,4)16(19)12-17(22)23-6/h15-16H,7-12H2,1-6H3/t15-,16+,19-/m0/s1. The summed E-state index contributed by atoms with van der Waals surface area (Å²) in [6.07, 6.45) is 4.34. The predicted octanol–water partition coefficient (Wildman–Crippen LogP) is 3.96. The number of ketones is 2. The lowest BCUT2D eigenvalue weighted by molar-refractivity contribution is -0.151. The summed E-state index contributed by atoms with van der Waals surface area (Å²) in [6, 6.07) is 0. The van der Waals surface area contributed by atoms with Gasteiger partial charge >= 0.3 is 5.97 Å². The van der Waals surface area contributed by atoms with Crippen molar-refractivity contribution < 1.29 is 19.1 Å². The molecule has 1 aliphatic rings. The normalized spacial score (nSPS) is 28.0. The van der Waals surface area contributed by atoms with Crippen LogP contribution in [0.4, 0.5) is 0 Å². The highest BCUT2D eigenvalue weighted by Crippen LogP contribution is 2.57. The molecule has 3 atom stereocenters. The minimum atomic E-state index is -0.267. The number of hydrogen-bond donors (Lipinski definition) is 0. The monoisotopic (exact) mass is 324 g/mol. The van der Waals surface area contributed by atoms with Crippen LogP contribution < -0.4 is 0 Å². The summed E-state index contributed by atoms with van der Waals surface area (Å²) in [5.74, 6) is -0.0801. The topological polar surface area (TPSA) is 60.4 Å². The molecule has 0 saturated heterocycles. The van der Waals surface area contributed by atoms with E-state index in [2.05, 4.69) is 20.8 Å². The van der Waals surface area contributed by atoms with Crippen LogP contribution >= 0.6 is 0 Å². The first-order valence-corrected chi connectivity index (χ1v) is 8.61. The Morgan fingerprint density at radius 3 is 2.22 bits per heavy atom. The Morgan fingerprint density at radius 1 is 1.13 bits per heavy atom. The molecule has 4 nitrogen and oxygen atoms in total. The van der Waals surface area contributed by atoms with Crippen LogP contribution in [0.2, 0.25) is 0 Å². The van der Waals surface area contributed by atoms with Crippen molar-refractivity contribution in [1.29, 1.82) is 0 Å². The zero-order valence-electron chi connectivity index (χ0n) is 15.5. The van der Waals surface area contributed by atoms with E-state index in [4.69, 9.17) is 4.74 Å². The zero-order chi connectivity index (χ0) is 17.8. The number of carbonyl (C=O) groups excluding carboxylic acids is 3. The molecule has 1 aliphatic carbocycles. The first kappa shape index (κ1) is 19.9. The molecule has 0 radical (unpaired) electrons. The Balaban J connectivity index is 3.18. The van der Waals surface area contributed by atoms with E-state index in [-0.39, 0.29) is 40.2 Å². The number of ether oxygens (including phenoxy) is 1. The van der Waals surface area contributed by atoms with E-state index < -0.39 is 0 Å². The number of methoxy groups -OCH3 is 1. The molecule has 0 aliphatic heterocycles. The van der Waals surface area contributed by atoms with Gasteiger partial charge in [0, 0.05) is 18.8 Å². The number of esters is 1. The second-order valence-electron chi connectivity index (χ2n) is 8.08. The van der Waals surface area contributed by atoms with Crippen molar-refractivity contribution in [3.8, 4) is 0 Å². The minimum absolute atomic E-state index is 0.0227. The molecule has 132 valence electrons. The van der Waals surface area contributed by atoms with Crippen LogP contribution in [0.1, 0.15) is 73.1 Å². The molecule has 0 N–H and O–H groups in total. The molecule has 0 aromatic heterocycles. The Labute approximate surface area is 140 Å². The molecule has 0 aromatic carbocycles. The Hall–Kier alpha value is -1.19. The van der Waals surface area contributed by atoms with Gasteiger partial charge in [-0.05, 0) is 49.9 Å². The molecular weight excluding hydrogens is 292 g/mol. The van der Waals surface area contributed by atoms with Gasteiger partial charge in [-0.1, -0.05) is 27.2 Å². The van der Waals surface area contributed by atoms with Crippen molar-refractivity contribution in [1.82, 2.24) is 0 Å². The average molecular weight is 324 g/mol. The van der Waals surface area contributed by atoms with Crippen LogP contribution in [0.3, 0.4) is 0 Å². The Kier molecular flexibility index (Phi) is 6.55. The third-order valence-electron chi connectivity index (χ3n) is 5.95. The number of rotatable bonds is 7. The van der Waals surface area contributed by atoms with Gasteiger partial charge in [0.05, 0.1) is 7.11 Å². The zero-order valence-corrected chi connectivity index (χ0v) is 15.5. The molecule has 0 spiro atoms. The van der Waals surface area contributed by atoms with Gasteiger partial charge in [-0.15, -0.1) is 0 Å². The molecule has 1 saturated carbocycles. The second-order valence-corrected chi connectivity index (χ2v) is 8.08. The molecule has 0 bridgehead atoms. The van der Waals surface area contributed by atoms with Crippen molar-refractivity contribution in [2.24, 2.45) is 22.7 Å². The predicted molar refractivity (Wildman–Crippen MR) is 89.9 cm³/mol. The molecule has 1 fully saturated rings. The van der Waals surface area contributed by atoms with E-state index in [0.29, 0.717) is 19.3 Å². The first-order chi connectivity index (χ1) is 10.5.